The van der Waals surface area contributed by atoms with Gasteiger partial charge in [0.15, 0.2) is 0 Å². The molecule has 5 heteroatoms. The predicted octanol–water partition coefficient (Wildman–Crippen LogP) is 2.37. The molecule has 0 aliphatic heterocycles. The van der Waals surface area contributed by atoms with Crippen LogP contribution >= 0.6 is 15.9 Å². The van der Waals surface area contributed by atoms with Crippen LogP contribution in [0, 0.1) is 0 Å². The fraction of sp³-hybridized carbons (Fsp3) is 1.00. The first kappa shape index (κ1) is 13.5. The summed E-state index contributed by atoms with van der Waals surface area (Å²) in [6.07, 6.45) is 4.73. The third-order valence-corrected chi connectivity index (χ3v) is 5.64. The summed E-state index contributed by atoms with van der Waals surface area (Å²) in [5.41, 5.74) is 0. The van der Waals surface area contributed by atoms with Gasteiger partial charge in [-0.05, 0) is 19.3 Å². The maximum atomic E-state index is 12.2. The third kappa shape index (κ3) is 3.43. The summed E-state index contributed by atoms with van der Waals surface area (Å²) in [5.74, 6) is 0. The zero-order valence-corrected chi connectivity index (χ0v) is 11.7. The molecule has 0 spiro atoms. The SMILES string of the molecule is CCCN(CCBr)S(=O)(=O)C1CCCC1. The van der Waals surface area contributed by atoms with Crippen molar-refractivity contribution in [2.75, 3.05) is 18.4 Å². The van der Waals surface area contributed by atoms with Gasteiger partial charge in [-0.3, -0.25) is 0 Å². The molecule has 1 aliphatic carbocycles. The van der Waals surface area contributed by atoms with Gasteiger partial charge in [0.2, 0.25) is 10.0 Å². The molecule has 0 N–H and O–H groups in total. The van der Waals surface area contributed by atoms with Crippen LogP contribution in [0.15, 0.2) is 0 Å². The van der Waals surface area contributed by atoms with E-state index in [1.54, 1.807) is 4.31 Å². The van der Waals surface area contributed by atoms with Crippen molar-refractivity contribution in [1.29, 1.82) is 0 Å². The van der Waals surface area contributed by atoms with Gasteiger partial charge < -0.3 is 0 Å². The minimum Gasteiger partial charge on any atom is -0.212 e. The minimum absolute atomic E-state index is 0.108. The number of halogens is 1. The first-order valence-corrected chi connectivity index (χ1v) is 8.30. The molecule has 0 bridgehead atoms. The van der Waals surface area contributed by atoms with Gasteiger partial charge in [-0.2, -0.15) is 0 Å². The van der Waals surface area contributed by atoms with Crippen molar-refractivity contribution >= 4 is 26.0 Å². The van der Waals surface area contributed by atoms with Crippen LogP contribution in [0.4, 0.5) is 0 Å². The second kappa shape index (κ2) is 6.21. The Balaban J connectivity index is 2.70. The van der Waals surface area contributed by atoms with Crippen LogP contribution in [0.2, 0.25) is 0 Å². The number of hydrogen-bond donors (Lipinski definition) is 0. The summed E-state index contributed by atoms with van der Waals surface area (Å²) in [4.78, 5) is 0. The number of nitrogens with zero attached hydrogens (tertiary/aromatic N) is 1. The maximum absolute atomic E-state index is 12.2. The molecule has 0 amide bonds. The Kier molecular flexibility index (Phi) is 5.57. The van der Waals surface area contributed by atoms with E-state index in [2.05, 4.69) is 15.9 Å². The highest BCUT2D eigenvalue weighted by atomic mass is 79.9. The van der Waals surface area contributed by atoms with Crippen LogP contribution in [0.25, 0.3) is 0 Å². The number of hydrogen-bond acceptors (Lipinski definition) is 2. The highest BCUT2D eigenvalue weighted by Gasteiger charge is 2.33. The first-order chi connectivity index (χ1) is 7.12. The van der Waals surface area contributed by atoms with E-state index in [9.17, 15) is 8.42 Å². The van der Waals surface area contributed by atoms with E-state index < -0.39 is 10.0 Å². The van der Waals surface area contributed by atoms with Gasteiger partial charge in [0.05, 0.1) is 5.25 Å². The second-order valence-electron chi connectivity index (χ2n) is 4.04. The van der Waals surface area contributed by atoms with E-state index in [-0.39, 0.29) is 5.25 Å². The number of sulfonamides is 1. The largest absolute Gasteiger partial charge is 0.217 e. The van der Waals surface area contributed by atoms with Crippen molar-refractivity contribution in [3.63, 3.8) is 0 Å². The third-order valence-electron chi connectivity index (χ3n) is 2.89. The highest BCUT2D eigenvalue weighted by molar-refractivity contribution is 9.09. The van der Waals surface area contributed by atoms with Crippen molar-refractivity contribution in [1.82, 2.24) is 4.31 Å². The zero-order valence-electron chi connectivity index (χ0n) is 9.28. The van der Waals surface area contributed by atoms with Gasteiger partial charge in [0.1, 0.15) is 0 Å². The normalized spacial score (nSPS) is 18.9. The molecule has 0 heterocycles. The van der Waals surface area contributed by atoms with Crippen molar-refractivity contribution < 1.29 is 8.42 Å². The lowest BCUT2D eigenvalue weighted by atomic mass is 10.4. The summed E-state index contributed by atoms with van der Waals surface area (Å²) in [6, 6.07) is 0. The van der Waals surface area contributed by atoms with Crippen LogP contribution in [0.1, 0.15) is 39.0 Å². The van der Waals surface area contributed by atoms with Gasteiger partial charge >= 0.3 is 0 Å². The second-order valence-corrected chi connectivity index (χ2v) is 7.05. The monoisotopic (exact) mass is 297 g/mol. The van der Waals surface area contributed by atoms with Crippen molar-refractivity contribution in [2.45, 2.75) is 44.3 Å². The zero-order chi connectivity index (χ0) is 11.3. The molecular weight excluding hydrogens is 278 g/mol. The molecule has 0 saturated heterocycles. The van der Waals surface area contributed by atoms with Crippen LogP contribution < -0.4 is 0 Å². The van der Waals surface area contributed by atoms with Gasteiger partial charge in [-0.25, -0.2) is 12.7 Å². The molecule has 90 valence electrons. The average molecular weight is 298 g/mol. The lowest BCUT2D eigenvalue weighted by Crippen LogP contribution is -2.39. The number of rotatable bonds is 6. The molecule has 1 fully saturated rings. The Labute approximate surface area is 101 Å². The smallest absolute Gasteiger partial charge is 0.212 e. The summed E-state index contributed by atoms with van der Waals surface area (Å²) >= 11 is 3.31. The van der Waals surface area contributed by atoms with Gasteiger partial charge in [-0.1, -0.05) is 35.7 Å². The van der Waals surface area contributed by atoms with Crippen LogP contribution in [-0.2, 0) is 10.0 Å². The summed E-state index contributed by atoms with van der Waals surface area (Å²) in [6.45, 7) is 3.28. The minimum atomic E-state index is -3.02. The Hall–Kier alpha value is 0.390. The van der Waals surface area contributed by atoms with Crippen molar-refractivity contribution in [3.8, 4) is 0 Å². The molecule has 0 radical (unpaired) electrons. The summed E-state index contributed by atoms with van der Waals surface area (Å²) in [7, 11) is -3.02. The summed E-state index contributed by atoms with van der Waals surface area (Å²) < 4.78 is 26.1. The predicted molar refractivity (Wildman–Crippen MR) is 66.8 cm³/mol. The Morgan fingerprint density at radius 1 is 1.27 bits per heavy atom. The fourth-order valence-electron chi connectivity index (χ4n) is 2.11. The van der Waals surface area contributed by atoms with Crippen LogP contribution in [0.3, 0.4) is 0 Å². The molecule has 0 unspecified atom stereocenters. The van der Waals surface area contributed by atoms with Gasteiger partial charge in [0, 0.05) is 18.4 Å². The Bertz CT molecular complexity index is 267. The van der Waals surface area contributed by atoms with E-state index in [0.717, 1.165) is 37.4 Å². The van der Waals surface area contributed by atoms with E-state index in [4.69, 9.17) is 0 Å². The molecule has 1 rings (SSSR count). The maximum Gasteiger partial charge on any atom is 0.217 e. The molecule has 0 aromatic carbocycles. The molecule has 1 saturated carbocycles. The highest BCUT2D eigenvalue weighted by Crippen LogP contribution is 2.27. The fourth-order valence-corrected chi connectivity index (χ4v) is 4.90. The molecule has 1 aliphatic rings. The molecule has 3 nitrogen and oxygen atoms in total. The summed E-state index contributed by atoms with van der Waals surface area (Å²) in [5, 5.41) is 0.613. The van der Waals surface area contributed by atoms with E-state index >= 15 is 0 Å². The van der Waals surface area contributed by atoms with E-state index in [1.807, 2.05) is 6.92 Å². The van der Waals surface area contributed by atoms with Gasteiger partial charge in [-0.15, -0.1) is 0 Å². The lowest BCUT2D eigenvalue weighted by Gasteiger charge is -2.24. The topological polar surface area (TPSA) is 37.4 Å². The van der Waals surface area contributed by atoms with Crippen molar-refractivity contribution in [3.05, 3.63) is 0 Å². The quantitative estimate of drug-likeness (QED) is 0.706. The van der Waals surface area contributed by atoms with Crippen molar-refractivity contribution in [2.24, 2.45) is 0 Å². The van der Waals surface area contributed by atoms with Crippen LogP contribution in [-0.4, -0.2) is 36.4 Å². The Morgan fingerprint density at radius 2 is 1.87 bits per heavy atom. The Morgan fingerprint density at radius 3 is 2.33 bits per heavy atom. The van der Waals surface area contributed by atoms with Gasteiger partial charge in [0.25, 0.3) is 0 Å². The molecule has 0 aromatic heterocycles. The first-order valence-electron chi connectivity index (χ1n) is 5.67. The number of alkyl halides is 1. The molecule has 0 aromatic rings. The van der Waals surface area contributed by atoms with E-state index in [0.29, 0.717) is 13.1 Å². The molecule has 15 heavy (non-hydrogen) atoms. The molecular formula is C10H20BrNO2S. The molecule has 0 atom stereocenters. The van der Waals surface area contributed by atoms with Crippen LogP contribution in [0.5, 0.6) is 0 Å². The van der Waals surface area contributed by atoms with E-state index in [1.165, 1.54) is 0 Å². The lowest BCUT2D eigenvalue weighted by molar-refractivity contribution is 0.421. The average Bonchev–Trinajstić information content (AvgIpc) is 2.70. The standard InChI is InChI=1S/C10H20BrNO2S/c1-2-8-12(9-7-11)15(13,14)10-5-3-4-6-10/h10H,2-9H2,1H3.